The van der Waals surface area contributed by atoms with E-state index in [1.165, 1.54) is 17.7 Å². The second kappa shape index (κ2) is 11.5. The zero-order valence-electron chi connectivity index (χ0n) is 20.7. The lowest BCUT2D eigenvalue weighted by atomic mass is 9.87. The second-order valence-corrected chi connectivity index (χ2v) is 9.29. The molecule has 35 heavy (non-hydrogen) atoms. The summed E-state index contributed by atoms with van der Waals surface area (Å²) in [5.74, 6) is 0.569. The lowest BCUT2D eigenvalue weighted by Crippen LogP contribution is -2.51. The van der Waals surface area contributed by atoms with E-state index in [2.05, 4.69) is 23.5 Å². The van der Waals surface area contributed by atoms with Gasteiger partial charge in [0.05, 0.1) is 13.2 Å². The van der Waals surface area contributed by atoms with E-state index in [1.54, 1.807) is 12.1 Å². The summed E-state index contributed by atoms with van der Waals surface area (Å²) in [7, 11) is 0. The molecule has 1 aliphatic rings. The van der Waals surface area contributed by atoms with Crippen LogP contribution in [-0.4, -0.2) is 24.9 Å². The normalized spacial score (nSPS) is 18.7. The van der Waals surface area contributed by atoms with Gasteiger partial charge >= 0.3 is 0 Å². The Hall–Kier alpha value is -3.15. The van der Waals surface area contributed by atoms with E-state index in [9.17, 15) is 4.39 Å². The third-order valence-corrected chi connectivity index (χ3v) is 6.20. The minimum atomic E-state index is -0.560. The molecule has 2 atom stereocenters. The third kappa shape index (κ3) is 6.50. The first-order valence-corrected chi connectivity index (χ1v) is 12.2. The summed E-state index contributed by atoms with van der Waals surface area (Å²) in [6.45, 7) is 7.72. The largest absolute Gasteiger partial charge is 0.485 e. The number of halogens is 1. The van der Waals surface area contributed by atoms with Gasteiger partial charge in [-0.3, -0.25) is 0 Å². The lowest BCUT2D eigenvalue weighted by Gasteiger charge is -2.44. The SMILES string of the molecule is CC=CCOC1C(OCCc2ccccc2)c2cc(NCc3ccc(F)cc3)ccc2OC1(C)C. The smallest absolute Gasteiger partial charge is 0.132 e. The van der Waals surface area contributed by atoms with Crippen molar-refractivity contribution >= 4 is 5.69 Å². The van der Waals surface area contributed by atoms with E-state index in [0.717, 1.165) is 29.0 Å². The van der Waals surface area contributed by atoms with Gasteiger partial charge in [0.25, 0.3) is 0 Å². The van der Waals surface area contributed by atoms with Crippen LogP contribution in [0.15, 0.2) is 84.9 Å². The summed E-state index contributed by atoms with van der Waals surface area (Å²) in [5.41, 5.74) is 3.59. The van der Waals surface area contributed by atoms with Crippen LogP contribution in [0.1, 0.15) is 43.6 Å². The van der Waals surface area contributed by atoms with Crippen LogP contribution in [0.2, 0.25) is 0 Å². The number of nitrogens with one attached hydrogen (secondary N) is 1. The third-order valence-electron chi connectivity index (χ3n) is 6.20. The van der Waals surface area contributed by atoms with Gasteiger partial charge in [0, 0.05) is 17.8 Å². The Morgan fingerprint density at radius 2 is 1.74 bits per heavy atom. The van der Waals surface area contributed by atoms with Gasteiger partial charge in [0.2, 0.25) is 0 Å². The van der Waals surface area contributed by atoms with Crippen molar-refractivity contribution in [3.05, 3.63) is 107 Å². The van der Waals surface area contributed by atoms with E-state index < -0.39 is 5.60 Å². The van der Waals surface area contributed by atoms with Crippen LogP contribution in [0.3, 0.4) is 0 Å². The highest BCUT2D eigenvalue weighted by molar-refractivity contribution is 5.54. The highest BCUT2D eigenvalue weighted by Gasteiger charge is 2.45. The average molecular weight is 476 g/mol. The van der Waals surface area contributed by atoms with Gasteiger partial charge in [-0.25, -0.2) is 4.39 Å². The molecule has 2 unspecified atom stereocenters. The highest BCUT2D eigenvalue weighted by Crippen LogP contribution is 2.44. The van der Waals surface area contributed by atoms with Crippen molar-refractivity contribution in [1.29, 1.82) is 0 Å². The fourth-order valence-electron chi connectivity index (χ4n) is 4.32. The number of allylic oxidation sites excluding steroid dienone is 1. The topological polar surface area (TPSA) is 39.7 Å². The molecule has 3 aromatic rings. The van der Waals surface area contributed by atoms with Gasteiger partial charge < -0.3 is 19.5 Å². The maximum Gasteiger partial charge on any atom is 0.132 e. The Morgan fingerprint density at radius 3 is 2.49 bits per heavy atom. The number of fused-ring (bicyclic) bond motifs is 1. The lowest BCUT2D eigenvalue weighted by molar-refractivity contribution is -0.157. The summed E-state index contributed by atoms with van der Waals surface area (Å²) in [6.07, 6.45) is 4.23. The number of anilines is 1. The molecule has 1 N–H and O–H groups in total. The Labute approximate surface area is 207 Å². The Bertz CT molecular complexity index is 1110. The maximum atomic E-state index is 13.2. The molecule has 1 heterocycles. The molecule has 4 nitrogen and oxygen atoms in total. The summed E-state index contributed by atoms with van der Waals surface area (Å²) < 4.78 is 32.5. The standard InChI is InChI=1S/C30H34FNO3/c1-4-5-18-34-29-28(33-19-17-22-9-7-6-8-10-22)26-20-25(15-16-27(26)35-30(29,2)3)32-21-23-11-13-24(31)14-12-23/h4-16,20,28-29,32H,17-19,21H2,1-3H3. The molecule has 0 saturated heterocycles. The van der Waals surface area contributed by atoms with E-state index in [4.69, 9.17) is 14.2 Å². The van der Waals surface area contributed by atoms with Crippen molar-refractivity contribution < 1.29 is 18.6 Å². The Morgan fingerprint density at radius 1 is 0.971 bits per heavy atom. The van der Waals surface area contributed by atoms with Crippen molar-refractivity contribution in [3.63, 3.8) is 0 Å². The van der Waals surface area contributed by atoms with Crippen molar-refractivity contribution in [3.8, 4) is 5.75 Å². The first-order chi connectivity index (χ1) is 17.0. The van der Waals surface area contributed by atoms with Crippen molar-refractivity contribution in [2.24, 2.45) is 0 Å². The molecule has 0 radical (unpaired) electrons. The average Bonchev–Trinajstić information content (AvgIpc) is 2.85. The fourth-order valence-corrected chi connectivity index (χ4v) is 4.32. The van der Waals surface area contributed by atoms with Crippen LogP contribution in [0, 0.1) is 5.82 Å². The van der Waals surface area contributed by atoms with Gasteiger partial charge in [0.15, 0.2) is 0 Å². The Balaban J connectivity index is 1.56. The first-order valence-electron chi connectivity index (χ1n) is 12.2. The number of hydrogen-bond donors (Lipinski definition) is 1. The minimum Gasteiger partial charge on any atom is -0.485 e. The molecular formula is C30H34FNO3. The Kier molecular flexibility index (Phi) is 8.21. The number of ether oxygens (including phenoxy) is 3. The zero-order valence-corrected chi connectivity index (χ0v) is 20.7. The van der Waals surface area contributed by atoms with Gasteiger partial charge in [-0.1, -0.05) is 54.6 Å². The fraction of sp³-hybridized carbons (Fsp3) is 0.333. The predicted octanol–water partition coefficient (Wildman–Crippen LogP) is 6.87. The summed E-state index contributed by atoms with van der Waals surface area (Å²) in [4.78, 5) is 0. The molecule has 0 amide bonds. The van der Waals surface area contributed by atoms with Crippen molar-refractivity contribution in [2.45, 2.75) is 51.5 Å². The van der Waals surface area contributed by atoms with E-state index >= 15 is 0 Å². The molecule has 0 fully saturated rings. The van der Waals surface area contributed by atoms with Crippen molar-refractivity contribution in [1.82, 2.24) is 0 Å². The maximum absolute atomic E-state index is 13.2. The molecule has 0 aliphatic carbocycles. The van der Waals surface area contributed by atoms with Crippen molar-refractivity contribution in [2.75, 3.05) is 18.5 Å². The molecule has 0 saturated carbocycles. The van der Waals surface area contributed by atoms with Gasteiger partial charge in [-0.05, 0) is 68.7 Å². The van der Waals surface area contributed by atoms with Crippen LogP contribution in [0.5, 0.6) is 5.75 Å². The van der Waals surface area contributed by atoms with Crippen LogP contribution >= 0.6 is 0 Å². The minimum absolute atomic E-state index is 0.234. The molecule has 0 aromatic heterocycles. The van der Waals surface area contributed by atoms with Gasteiger partial charge in [0.1, 0.15) is 29.4 Å². The molecule has 1 aliphatic heterocycles. The molecule has 5 heteroatoms. The second-order valence-electron chi connectivity index (χ2n) is 9.29. The predicted molar refractivity (Wildman–Crippen MR) is 138 cm³/mol. The number of benzene rings is 3. The van der Waals surface area contributed by atoms with Gasteiger partial charge in [-0.15, -0.1) is 0 Å². The molecule has 4 rings (SSSR count). The highest BCUT2D eigenvalue weighted by atomic mass is 19.1. The zero-order chi connectivity index (χ0) is 24.7. The van der Waals surface area contributed by atoms with Crippen LogP contribution < -0.4 is 10.1 Å². The monoisotopic (exact) mass is 475 g/mol. The molecule has 0 spiro atoms. The van der Waals surface area contributed by atoms with E-state index in [-0.39, 0.29) is 18.0 Å². The number of rotatable bonds is 10. The van der Waals surface area contributed by atoms with Crippen LogP contribution in [0.25, 0.3) is 0 Å². The summed E-state index contributed by atoms with van der Waals surface area (Å²) in [5, 5.41) is 3.44. The van der Waals surface area contributed by atoms with E-state index in [0.29, 0.717) is 19.8 Å². The first kappa shape index (κ1) is 25.0. The summed E-state index contributed by atoms with van der Waals surface area (Å²) in [6, 6.07) is 22.9. The van der Waals surface area contributed by atoms with Gasteiger partial charge in [-0.2, -0.15) is 0 Å². The van der Waals surface area contributed by atoms with Crippen LogP contribution in [0.4, 0.5) is 10.1 Å². The molecule has 0 bridgehead atoms. The quantitative estimate of drug-likeness (QED) is 0.325. The van der Waals surface area contributed by atoms with Crippen LogP contribution in [-0.2, 0) is 22.4 Å². The number of hydrogen-bond acceptors (Lipinski definition) is 4. The molecular weight excluding hydrogens is 441 g/mol. The van der Waals surface area contributed by atoms with E-state index in [1.807, 2.05) is 63.3 Å². The molecule has 3 aromatic carbocycles. The summed E-state index contributed by atoms with van der Waals surface area (Å²) >= 11 is 0. The molecule has 184 valence electrons.